The van der Waals surface area contributed by atoms with Gasteiger partial charge in [0.2, 0.25) is 0 Å². The van der Waals surface area contributed by atoms with Crippen LogP contribution in [0.25, 0.3) is 0 Å². The first-order valence-corrected chi connectivity index (χ1v) is 6.55. The van der Waals surface area contributed by atoms with Gasteiger partial charge in [-0.05, 0) is 23.4 Å². The topological polar surface area (TPSA) is 58.9 Å². The normalized spacial score (nSPS) is 16.4. The predicted octanol–water partition coefficient (Wildman–Crippen LogP) is 0.267. The van der Waals surface area contributed by atoms with Crippen molar-refractivity contribution in [3.63, 3.8) is 0 Å². The summed E-state index contributed by atoms with van der Waals surface area (Å²) in [4.78, 5) is 2.44. The van der Waals surface area contributed by atoms with Crippen LogP contribution in [0.2, 0.25) is 0 Å². The van der Waals surface area contributed by atoms with Crippen molar-refractivity contribution >= 4 is 0 Å². The highest BCUT2D eigenvalue weighted by Crippen LogP contribution is 2.09. The van der Waals surface area contributed by atoms with E-state index in [1.807, 2.05) is 4.68 Å². The van der Waals surface area contributed by atoms with Crippen molar-refractivity contribution < 1.29 is 0 Å². The zero-order chi connectivity index (χ0) is 12.1. The molecule has 6 heteroatoms. The summed E-state index contributed by atoms with van der Waals surface area (Å²) in [6.45, 7) is 9.39. The Morgan fingerprint density at radius 1 is 1.41 bits per heavy atom. The number of hydrogen-bond donors (Lipinski definition) is 1. The fourth-order valence-electron chi connectivity index (χ4n) is 2.03. The highest BCUT2D eigenvalue weighted by atomic mass is 15.5. The monoisotopic (exact) mass is 238 g/mol. The molecule has 17 heavy (non-hydrogen) atoms. The molecule has 0 bridgehead atoms. The summed E-state index contributed by atoms with van der Waals surface area (Å²) in [6.07, 6.45) is 2.30. The Bertz CT molecular complexity index is 332. The molecule has 1 N–H and O–H groups in total. The Balaban J connectivity index is 1.93. The molecule has 96 valence electrons. The molecule has 1 fully saturated rings. The average molecular weight is 238 g/mol. The van der Waals surface area contributed by atoms with Crippen molar-refractivity contribution in [1.29, 1.82) is 0 Å². The summed E-state index contributed by atoms with van der Waals surface area (Å²) >= 11 is 0. The van der Waals surface area contributed by atoms with Gasteiger partial charge in [0.1, 0.15) is 0 Å². The van der Waals surface area contributed by atoms with Crippen LogP contribution in [0.3, 0.4) is 0 Å². The lowest BCUT2D eigenvalue weighted by Gasteiger charge is -2.37. The van der Waals surface area contributed by atoms with Crippen LogP contribution in [0.15, 0.2) is 0 Å². The number of likely N-dealkylation sites (N-methyl/N-ethyl adjacent to an activating group) is 1. The molecule has 0 radical (unpaired) electrons. The van der Waals surface area contributed by atoms with E-state index in [0.717, 1.165) is 45.0 Å². The second kappa shape index (κ2) is 6.07. The number of nitrogens with zero attached hydrogens (tertiary/aromatic N) is 5. The number of unbranched alkanes of at least 4 members (excludes halogenated alkanes) is 1. The molecule has 6 nitrogen and oxygen atoms in total. The summed E-state index contributed by atoms with van der Waals surface area (Å²) in [6, 6.07) is 0.649. The first kappa shape index (κ1) is 12.4. The first-order chi connectivity index (χ1) is 8.35. The lowest BCUT2D eigenvalue weighted by Crippen LogP contribution is -2.56. The Kier molecular flexibility index (Phi) is 4.44. The highest BCUT2D eigenvalue weighted by Gasteiger charge is 2.24. The van der Waals surface area contributed by atoms with Crippen LogP contribution in [-0.4, -0.2) is 50.8 Å². The van der Waals surface area contributed by atoms with Gasteiger partial charge in [-0.15, -0.1) is 5.10 Å². The molecule has 0 aliphatic carbocycles. The lowest BCUT2D eigenvalue weighted by atomic mass is 10.1. The summed E-state index contributed by atoms with van der Waals surface area (Å²) in [7, 11) is 0. The maximum absolute atomic E-state index is 4.14. The van der Waals surface area contributed by atoms with Gasteiger partial charge >= 0.3 is 0 Å². The van der Waals surface area contributed by atoms with Gasteiger partial charge in [-0.1, -0.05) is 20.3 Å². The van der Waals surface area contributed by atoms with Crippen molar-refractivity contribution in [3.8, 4) is 0 Å². The third-order valence-corrected chi connectivity index (χ3v) is 3.36. The fraction of sp³-hybridized carbons (Fsp3) is 0.909. The van der Waals surface area contributed by atoms with Crippen molar-refractivity contribution in [2.24, 2.45) is 0 Å². The van der Waals surface area contributed by atoms with Gasteiger partial charge < -0.3 is 5.32 Å². The smallest absolute Gasteiger partial charge is 0.165 e. The van der Waals surface area contributed by atoms with Crippen LogP contribution in [0.5, 0.6) is 0 Å². The van der Waals surface area contributed by atoms with Crippen molar-refractivity contribution in [3.05, 3.63) is 5.82 Å². The molecule has 0 unspecified atom stereocenters. The quantitative estimate of drug-likeness (QED) is 0.739. The number of tetrazole rings is 1. The van der Waals surface area contributed by atoms with Crippen molar-refractivity contribution in [2.75, 3.05) is 19.6 Å². The first-order valence-electron chi connectivity index (χ1n) is 6.55. The largest absolute Gasteiger partial charge is 0.314 e. The molecule has 2 heterocycles. The number of aromatic nitrogens is 4. The third kappa shape index (κ3) is 3.01. The Morgan fingerprint density at radius 2 is 2.24 bits per heavy atom. The van der Waals surface area contributed by atoms with Crippen LogP contribution in [0, 0.1) is 0 Å². The molecule has 1 saturated heterocycles. The van der Waals surface area contributed by atoms with E-state index in [4.69, 9.17) is 0 Å². The molecule has 0 saturated carbocycles. The van der Waals surface area contributed by atoms with E-state index in [-0.39, 0.29) is 0 Å². The molecule has 1 aliphatic heterocycles. The zero-order valence-corrected chi connectivity index (χ0v) is 10.8. The standard InChI is InChI=1S/C11H22N6/c1-3-5-6-17-11(13-14-15-17)9-16(4-2)10-7-12-8-10/h10,12H,3-9H2,1-2H3. The number of nitrogens with one attached hydrogen (secondary N) is 1. The Labute approximate surface area is 102 Å². The van der Waals surface area contributed by atoms with Gasteiger partial charge in [-0.25, -0.2) is 4.68 Å². The van der Waals surface area contributed by atoms with Crippen LogP contribution in [0.4, 0.5) is 0 Å². The summed E-state index contributed by atoms with van der Waals surface area (Å²) in [5.41, 5.74) is 0. The molecule has 0 atom stereocenters. The molecule has 1 aromatic rings. The van der Waals surface area contributed by atoms with E-state index < -0.39 is 0 Å². The molecule has 0 spiro atoms. The molecule has 1 aromatic heterocycles. The van der Waals surface area contributed by atoms with Crippen LogP contribution in [0.1, 0.15) is 32.5 Å². The van der Waals surface area contributed by atoms with Gasteiger partial charge in [0.15, 0.2) is 5.82 Å². The van der Waals surface area contributed by atoms with E-state index in [2.05, 4.69) is 39.6 Å². The number of aryl methyl sites for hydroxylation is 1. The second-order valence-electron chi connectivity index (χ2n) is 4.55. The number of hydrogen-bond acceptors (Lipinski definition) is 5. The van der Waals surface area contributed by atoms with E-state index in [1.165, 1.54) is 6.42 Å². The van der Waals surface area contributed by atoms with Gasteiger partial charge in [0.05, 0.1) is 6.54 Å². The van der Waals surface area contributed by atoms with Gasteiger partial charge in [-0.2, -0.15) is 0 Å². The molecule has 0 aromatic carbocycles. The second-order valence-corrected chi connectivity index (χ2v) is 4.55. The van der Waals surface area contributed by atoms with Crippen LogP contribution in [-0.2, 0) is 13.1 Å². The minimum absolute atomic E-state index is 0.649. The van der Waals surface area contributed by atoms with E-state index >= 15 is 0 Å². The zero-order valence-electron chi connectivity index (χ0n) is 10.8. The summed E-state index contributed by atoms with van der Waals surface area (Å²) in [5, 5.41) is 15.3. The Hall–Kier alpha value is -1.01. The molecular formula is C11H22N6. The van der Waals surface area contributed by atoms with Crippen LogP contribution < -0.4 is 5.32 Å². The SMILES string of the molecule is CCCCn1nnnc1CN(CC)C1CNC1. The maximum atomic E-state index is 4.14. The van der Waals surface area contributed by atoms with Gasteiger partial charge in [0.25, 0.3) is 0 Å². The van der Waals surface area contributed by atoms with Gasteiger partial charge in [0, 0.05) is 25.7 Å². The molecule has 0 amide bonds. The third-order valence-electron chi connectivity index (χ3n) is 3.36. The predicted molar refractivity (Wildman–Crippen MR) is 65.5 cm³/mol. The van der Waals surface area contributed by atoms with Crippen LogP contribution >= 0.6 is 0 Å². The average Bonchev–Trinajstić information content (AvgIpc) is 2.70. The molecule has 1 aliphatic rings. The Morgan fingerprint density at radius 3 is 2.82 bits per heavy atom. The van der Waals surface area contributed by atoms with Crippen molar-refractivity contribution in [2.45, 2.75) is 45.8 Å². The van der Waals surface area contributed by atoms with E-state index in [0.29, 0.717) is 6.04 Å². The molecule has 2 rings (SSSR count). The van der Waals surface area contributed by atoms with E-state index in [1.54, 1.807) is 0 Å². The lowest BCUT2D eigenvalue weighted by molar-refractivity contribution is 0.139. The van der Waals surface area contributed by atoms with E-state index in [9.17, 15) is 0 Å². The van der Waals surface area contributed by atoms with Crippen molar-refractivity contribution in [1.82, 2.24) is 30.4 Å². The van der Waals surface area contributed by atoms with Gasteiger partial charge in [-0.3, -0.25) is 4.90 Å². The summed E-state index contributed by atoms with van der Waals surface area (Å²) in [5.74, 6) is 0.993. The highest BCUT2D eigenvalue weighted by molar-refractivity contribution is 4.89. The molecular weight excluding hydrogens is 216 g/mol. The summed E-state index contributed by atoms with van der Waals surface area (Å²) < 4.78 is 1.94. The maximum Gasteiger partial charge on any atom is 0.165 e. The fourth-order valence-corrected chi connectivity index (χ4v) is 2.03. The number of rotatable bonds is 7. The minimum atomic E-state index is 0.649. The minimum Gasteiger partial charge on any atom is -0.314 e.